The van der Waals surface area contributed by atoms with Crippen LogP contribution in [0.4, 0.5) is 0 Å². The Bertz CT molecular complexity index is 797. The molecule has 2 aromatic carbocycles. The molecule has 0 fully saturated rings. The molecule has 0 aromatic heterocycles. The number of allylic oxidation sites excluding steroid dienone is 4. The lowest BCUT2D eigenvalue weighted by Gasteiger charge is -2.16. The second-order valence-electron chi connectivity index (χ2n) is 7.53. The number of aryl methyl sites for hydroxylation is 2. The van der Waals surface area contributed by atoms with Crippen LogP contribution in [0.25, 0.3) is 0 Å². The summed E-state index contributed by atoms with van der Waals surface area (Å²) >= 11 is 0. The fourth-order valence-corrected chi connectivity index (χ4v) is 3.32. The van der Waals surface area contributed by atoms with Gasteiger partial charge >= 0.3 is 0 Å². The quantitative estimate of drug-likeness (QED) is 0.427. The highest BCUT2D eigenvalue weighted by Gasteiger charge is 2.12. The fourth-order valence-electron chi connectivity index (χ4n) is 3.32. The maximum atomic E-state index is 5.71. The summed E-state index contributed by atoms with van der Waals surface area (Å²) in [6, 6.07) is 14.8. The third-order valence-corrected chi connectivity index (χ3v) is 5.00. The molecule has 0 spiro atoms. The van der Waals surface area contributed by atoms with E-state index in [0.29, 0.717) is 0 Å². The molecular weight excluding hydrogens is 344 g/mol. The Labute approximate surface area is 170 Å². The maximum Gasteiger partial charge on any atom is 0.126 e. The molecule has 0 unspecified atom stereocenters. The second-order valence-corrected chi connectivity index (χ2v) is 7.53. The van der Waals surface area contributed by atoms with Crippen molar-refractivity contribution < 1.29 is 9.47 Å². The van der Waals surface area contributed by atoms with Crippen molar-refractivity contribution in [3.8, 4) is 11.5 Å². The van der Waals surface area contributed by atoms with Gasteiger partial charge in [0.25, 0.3) is 0 Å². The van der Waals surface area contributed by atoms with Crippen LogP contribution in [0.3, 0.4) is 0 Å². The third-order valence-electron chi connectivity index (χ3n) is 5.00. The number of methoxy groups -OCH3 is 2. The summed E-state index contributed by atoms with van der Waals surface area (Å²) in [4.78, 5) is 0. The molecule has 150 valence electrons. The minimum atomic E-state index is 0.855. The van der Waals surface area contributed by atoms with Crippen LogP contribution in [0.15, 0.2) is 65.8 Å². The van der Waals surface area contributed by atoms with Gasteiger partial charge < -0.3 is 9.47 Å². The van der Waals surface area contributed by atoms with Crippen LogP contribution in [-0.4, -0.2) is 14.2 Å². The molecule has 0 aliphatic rings. The normalized spacial score (nSPS) is 11.2. The monoisotopic (exact) mass is 378 g/mol. The SMILES string of the molecule is COc1cc(CCc2ccccc2)c(C/C=C(/C)CCC=C(C)C)c(OC)c1. The minimum absolute atomic E-state index is 0.855. The van der Waals surface area contributed by atoms with E-state index in [9.17, 15) is 0 Å². The van der Waals surface area contributed by atoms with Crippen molar-refractivity contribution in [3.63, 3.8) is 0 Å². The van der Waals surface area contributed by atoms with E-state index >= 15 is 0 Å². The van der Waals surface area contributed by atoms with Crippen molar-refractivity contribution in [3.05, 3.63) is 82.5 Å². The Morgan fingerprint density at radius 1 is 0.893 bits per heavy atom. The summed E-state index contributed by atoms with van der Waals surface area (Å²) in [5.41, 5.74) is 6.72. The standard InChI is InChI=1S/C26H34O2/c1-20(2)10-9-11-21(3)14-17-25-23(16-15-22-12-7-6-8-13-22)18-24(27-4)19-26(25)28-5/h6-8,10,12-14,18-19H,9,11,15-17H2,1-5H3/b21-14-. The molecular formula is C26H34O2. The zero-order valence-electron chi connectivity index (χ0n) is 18.0. The summed E-state index contributed by atoms with van der Waals surface area (Å²) in [6.07, 6.45) is 9.71. The molecule has 0 aliphatic heterocycles. The van der Waals surface area contributed by atoms with Crippen molar-refractivity contribution in [2.45, 2.75) is 52.9 Å². The van der Waals surface area contributed by atoms with Gasteiger partial charge in [0.05, 0.1) is 14.2 Å². The largest absolute Gasteiger partial charge is 0.497 e. The number of hydrogen-bond donors (Lipinski definition) is 0. The number of benzene rings is 2. The molecule has 0 saturated carbocycles. The van der Waals surface area contributed by atoms with Crippen LogP contribution in [0.1, 0.15) is 50.3 Å². The average molecular weight is 379 g/mol. The minimum Gasteiger partial charge on any atom is -0.497 e. The first-order chi connectivity index (χ1) is 13.5. The van der Waals surface area contributed by atoms with Gasteiger partial charge in [-0.2, -0.15) is 0 Å². The van der Waals surface area contributed by atoms with Crippen LogP contribution in [-0.2, 0) is 19.3 Å². The van der Waals surface area contributed by atoms with Crippen molar-refractivity contribution in [2.24, 2.45) is 0 Å². The third kappa shape index (κ3) is 6.92. The van der Waals surface area contributed by atoms with Crippen LogP contribution >= 0.6 is 0 Å². The summed E-state index contributed by atoms with van der Waals surface area (Å²) < 4.78 is 11.2. The van der Waals surface area contributed by atoms with Crippen molar-refractivity contribution in [2.75, 3.05) is 14.2 Å². The molecule has 0 atom stereocenters. The molecule has 0 saturated heterocycles. The molecule has 0 amide bonds. The van der Waals surface area contributed by atoms with E-state index in [0.717, 1.165) is 43.6 Å². The second kappa shape index (κ2) is 11.4. The van der Waals surface area contributed by atoms with Gasteiger partial charge in [-0.15, -0.1) is 0 Å². The smallest absolute Gasteiger partial charge is 0.126 e. The fraction of sp³-hybridized carbons (Fsp3) is 0.385. The molecule has 2 nitrogen and oxygen atoms in total. The number of rotatable bonds is 10. The lowest BCUT2D eigenvalue weighted by atomic mass is 9.95. The number of ether oxygens (including phenoxy) is 2. The molecule has 0 N–H and O–H groups in total. The molecule has 28 heavy (non-hydrogen) atoms. The Morgan fingerprint density at radius 2 is 1.64 bits per heavy atom. The van der Waals surface area contributed by atoms with Gasteiger partial charge in [-0.1, -0.05) is 53.6 Å². The van der Waals surface area contributed by atoms with Crippen LogP contribution in [0, 0.1) is 0 Å². The summed E-state index contributed by atoms with van der Waals surface area (Å²) in [6.45, 7) is 6.53. The molecule has 2 aromatic rings. The highest BCUT2D eigenvalue weighted by atomic mass is 16.5. The van der Waals surface area contributed by atoms with E-state index in [1.165, 1.54) is 27.8 Å². The Balaban J connectivity index is 2.21. The lowest BCUT2D eigenvalue weighted by molar-refractivity contribution is 0.390. The van der Waals surface area contributed by atoms with Gasteiger partial charge in [0.15, 0.2) is 0 Å². The van der Waals surface area contributed by atoms with Gasteiger partial charge in [-0.25, -0.2) is 0 Å². The van der Waals surface area contributed by atoms with Gasteiger partial charge in [0.2, 0.25) is 0 Å². The van der Waals surface area contributed by atoms with E-state index in [4.69, 9.17) is 9.47 Å². The van der Waals surface area contributed by atoms with E-state index in [1.54, 1.807) is 14.2 Å². The molecule has 0 bridgehead atoms. The highest BCUT2D eigenvalue weighted by Crippen LogP contribution is 2.31. The predicted molar refractivity (Wildman–Crippen MR) is 120 cm³/mol. The zero-order chi connectivity index (χ0) is 20.4. The highest BCUT2D eigenvalue weighted by molar-refractivity contribution is 5.48. The molecule has 0 radical (unpaired) electrons. The molecule has 2 rings (SSSR count). The van der Waals surface area contributed by atoms with Gasteiger partial charge in [0.1, 0.15) is 11.5 Å². The van der Waals surface area contributed by atoms with Crippen LogP contribution < -0.4 is 9.47 Å². The average Bonchev–Trinajstić information content (AvgIpc) is 2.70. The summed E-state index contributed by atoms with van der Waals surface area (Å²) in [5.74, 6) is 1.77. The first kappa shape index (κ1) is 21.8. The van der Waals surface area contributed by atoms with E-state index in [-0.39, 0.29) is 0 Å². The Morgan fingerprint density at radius 3 is 2.29 bits per heavy atom. The Kier molecular flexibility index (Phi) is 8.87. The van der Waals surface area contributed by atoms with Crippen molar-refractivity contribution in [1.29, 1.82) is 0 Å². The Hall–Kier alpha value is -2.48. The zero-order valence-corrected chi connectivity index (χ0v) is 18.0. The van der Waals surface area contributed by atoms with Crippen molar-refractivity contribution in [1.82, 2.24) is 0 Å². The first-order valence-electron chi connectivity index (χ1n) is 10.1. The van der Waals surface area contributed by atoms with Gasteiger partial charge in [-0.3, -0.25) is 0 Å². The van der Waals surface area contributed by atoms with E-state index in [1.807, 2.05) is 6.07 Å². The molecule has 2 heteroatoms. The van der Waals surface area contributed by atoms with Crippen LogP contribution in [0.5, 0.6) is 11.5 Å². The first-order valence-corrected chi connectivity index (χ1v) is 10.1. The van der Waals surface area contributed by atoms with Gasteiger partial charge in [-0.05, 0) is 70.1 Å². The topological polar surface area (TPSA) is 18.5 Å². The van der Waals surface area contributed by atoms with Crippen molar-refractivity contribution >= 4 is 0 Å². The van der Waals surface area contributed by atoms with E-state index < -0.39 is 0 Å². The summed E-state index contributed by atoms with van der Waals surface area (Å²) in [5, 5.41) is 0. The summed E-state index contributed by atoms with van der Waals surface area (Å²) in [7, 11) is 3.45. The predicted octanol–water partition coefficient (Wildman–Crippen LogP) is 6.72. The number of hydrogen-bond acceptors (Lipinski definition) is 2. The van der Waals surface area contributed by atoms with E-state index in [2.05, 4.69) is 69.3 Å². The molecule has 0 heterocycles. The maximum absolute atomic E-state index is 5.71. The van der Waals surface area contributed by atoms with Gasteiger partial charge in [0, 0.05) is 11.6 Å². The molecule has 0 aliphatic carbocycles. The van der Waals surface area contributed by atoms with Crippen LogP contribution in [0.2, 0.25) is 0 Å². The lowest BCUT2D eigenvalue weighted by Crippen LogP contribution is -2.02.